The van der Waals surface area contributed by atoms with Crippen LogP contribution in [0.3, 0.4) is 0 Å². The number of unbranched alkanes of at least 4 members (excludes halogenated alkanes) is 2. The number of rotatable bonds is 8. The zero-order valence-electron chi connectivity index (χ0n) is 15.1. The molecule has 0 atom stereocenters. The Balaban J connectivity index is 1.90. The van der Waals surface area contributed by atoms with Crippen molar-refractivity contribution in [2.45, 2.75) is 32.7 Å². The molecule has 2 aromatic carbocycles. The summed E-state index contributed by atoms with van der Waals surface area (Å²) in [5, 5.41) is 16.9. The summed E-state index contributed by atoms with van der Waals surface area (Å²) in [6.45, 7) is 3.01. The predicted octanol–water partition coefficient (Wildman–Crippen LogP) is 5.84. The van der Waals surface area contributed by atoms with Gasteiger partial charge in [-0.3, -0.25) is 15.5 Å². The third-order valence-corrected chi connectivity index (χ3v) is 4.82. The van der Waals surface area contributed by atoms with Crippen molar-refractivity contribution >= 4 is 40.1 Å². The van der Waals surface area contributed by atoms with Gasteiger partial charge in [-0.2, -0.15) is 5.10 Å². The number of aromatic nitrogens is 1. The second-order valence-electron chi connectivity index (χ2n) is 6.22. The summed E-state index contributed by atoms with van der Waals surface area (Å²) < 4.78 is 2.10. The van der Waals surface area contributed by atoms with Crippen molar-refractivity contribution in [3.8, 4) is 0 Å². The van der Waals surface area contributed by atoms with Gasteiger partial charge in [0.25, 0.3) is 5.69 Å². The summed E-state index contributed by atoms with van der Waals surface area (Å²) >= 11 is 6.63. The number of benzene rings is 2. The number of hydrogen-bond acceptors (Lipinski definition) is 4. The Bertz CT molecular complexity index is 981. The van der Waals surface area contributed by atoms with Crippen LogP contribution in [-0.2, 0) is 6.54 Å². The summed E-state index contributed by atoms with van der Waals surface area (Å²) in [7, 11) is 0. The van der Waals surface area contributed by atoms with Crippen LogP contribution in [0.2, 0.25) is 5.15 Å². The van der Waals surface area contributed by atoms with Crippen LogP contribution in [0.15, 0.2) is 53.6 Å². The van der Waals surface area contributed by atoms with E-state index in [1.54, 1.807) is 24.4 Å². The highest BCUT2D eigenvalue weighted by Crippen LogP contribution is 2.30. The molecule has 0 radical (unpaired) electrons. The molecule has 0 aliphatic rings. The molecule has 0 spiro atoms. The molecule has 1 N–H and O–H groups in total. The lowest BCUT2D eigenvalue weighted by Crippen LogP contribution is -1.98. The highest BCUT2D eigenvalue weighted by atomic mass is 35.5. The van der Waals surface area contributed by atoms with E-state index in [1.807, 2.05) is 24.3 Å². The zero-order chi connectivity index (χ0) is 19.2. The molecule has 3 rings (SSSR count). The van der Waals surface area contributed by atoms with Gasteiger partial charge in [0.05, 0.1) is 11.1 Å². The molecule has 7 heteroatoms. The van der Waals surface area contributed by atoms with Gasteiger partial charge in [-0.1, -0.05) is 61.7 Å². The number of para-hydroxylation sites is 3. The molecule has 0 saturated carbocycles. The fraction of sp³-hybridized carbons (Fsp3) is 0.250. The van der Waals surface area contributed by atoms with Crippen LogP contribution in [-0.4, -0.2) is 15.7 Å². The lowest BCUT2D eigenvalue weighted by Gasteiger charge is -2.06. The number of nitro groups is 1. The average Bonchev–Trinajstić information content (AvgIpc) is 2.94. The third-order valence-electron chi connectivity index (χ3n) is 4.41. The first-order valence-corrected chi connectivity index (χ1v) is 9.30. The first-order chi connectivity index (χ1) is 13.1. The zero-order valence-corrected chi connectivity index (χ0v) is 15.8. The molecule has 0 unspecified atom stereocenters. The molecule has 1 aromatic heterocycles. The number of nitrogens with one attached hydrogen (secondary N) is 1. The van der Waals surface area contributed by atoms with Crippen LogP contribution in [0.5, 0.6) is 0 Å². The molecule has 6 nitrogen and oxygen atoms in total. The number of anilines is 1. The van der Waals surface area contributed by atoms with Gasteiger partial charge in [0.1, 0.15) is 10.8 Å². The molecule has 27 heavy (non-hydrogen) atoms. The van der Waals surface area contributed by atoms with E-state index >= 15 is 0 Å². The Morgan fingerprint density at radius 2 is 1.93 bits per heavy atom. The first kappa shape index (κ1) is 18.9. The van der Waals surface area contributed by atoms with Crippen LogP contribution >= 0.6 is 11.6 Å². The van der Waals surface area contributed by atoms with Crippen LogP contribution < -0.4 is 5.43 Å². The molecular weight excluding hydrogens is 364 g/mol. The Morgan fingerprint density at radius 1 is 1.19 bits per heavy atom. The molecule has 140 valence electrons. The normalized spacial score (nSPS) is 11.3. The summed E-state index contributed by atoms with van der Waals surface area (Å²) in [5.74, 6) is 0. The first-order valence-electron chi connectivity index (χ1n) is 8.92. The standard InChI is InChI=1S/C20H21ClN4O2/c1-2-3-8-13-24-18-11-6-4-9-15(18)16(20(24)21)14-22-23-17-10-5-7-12-19(17)25(26)27/h4-7,9-12,14,23H,2-3,8,13H2,1H3/b22-14+. The Kier molecular flexibility index (Phi) is 6.08. The van der Waals surface area contributed by atoms with Crippen LogP contribution in [0.4, 0.5) is 11.4 Å². The summed E-state index contributed by atoms with van der Waals surface area (Å²) in [5.41, 5.74) is 4.93. The Hall–Kier alpha value is -2.86. The van der Waals surface area contributed by atoms with Gasteiger partial charge in [-0.25, -0.2) is 0 Å². The molecule has 0 aliphatic heterocycles. The van der Waals surface area contributed by atoms with E-state index in [0.29, 0.717) is 10.8 Å². The lowest BCUT2D eigenvalue weighted by atomic mass is 10.2. The van der Waals surface area contributed by atoms with Crippen LogP contribution in [0.25, 0.3) is 10.9 Å². The number of fused-ring (bicyclic) bond motifs is 1. The summed E-state index contributed by atoms with van der Waals surface area (Å²) in [6, 6.07) is 14.4. The fourth-order valence-corrected chi connectivity index (χ4v) is 3.38. The highest BCUT2D eigenvalue weighted by Gasteiger charge is 2.14. The maximum absolute atomic E-state index is 11.1. The molecule has 0 amide bonds. The molecule has 0 bridgehead atoms. The fourth-order valence-electron chi connectivity index (χ4n) is 3.05. The summed E-state index contributed by atoms with van der Waals surface area (Å²) in [4.78, 5) is 10.7. The molecule has 0 aliphatic carbocycles. The Labute approximate surface area is 162 Å². The minimum Gasteiger partial charge on any atom is -0.331 e. The van der Waals surface area contributed by atoms with Crippen molar-refractivity contribution in [1.82, 2.24) is 4.57 Å². The van der Waals surface area contributed by atoms with Crippen molar-refractivity contribution in [1.29, 1.82) is 0 Å². The number of nitro benzene ring substituents is 1. The van der Waals surface area contributed by atoms with Gasteiger partial charge in [0.2, 0.25) is 0 Å². The number of halogens is 1. The van der Waals surface area contributed by atoms with Gasteiger partial charge < -0.3 is 4.57 Å². The Morgan fingerprint density at radius 3 is 2.70 bits per heavy atom. The minimum atomic E-state index is -0.440. The highest BCUT2D eigenvalue weighted by molar-refractivity contribution is 6.34. The average molecular weight is 385 g/mol. The van der Waals surface area contributed by atoms with Gasteiger partial charge in [-0.05, 0) is 18.6 Å². The molecule has 0 fully saturated rings. The number of nitrogens with zero attached hydrogens (tertiary/aromatic N) is 3. The van der Waals surface area contributed by atoms with Crippen molar-refractivity contribution < 1.29 is 4.92 Å². The van der Waals surface area contributed by atoms with Gasteiger partial charge in [0, 0.05) is 29.1 Å². The van der Waals surface area contributed by atoms with Gasteiger partial charge in [0.15, 0.2) is 0 Å². The largest absolute Gasteiger partial charge is 0.331 e. The van der Waals surface area contributed by atoms with E-state index < -0.39 is 4.92 Å². The van der Waals surface area contributed by atoms with Gasteiger partial charge in [-0.15, -0.1) is 0 Å². The quantitative estimate of drug-likeness (QED) is 0.229. The van der Waals surface area contributed by atoms with E-state index in [0.717, 1.165) is 42.3 Å². The van der Waals surface area contributed by atoms with Crippen molar-refractivity contribution in [3.05, 3.63) is 69.4 Å². The van der Waals surface area contributed by atoms with E-state index in [4.69, 9.17) is 11.6 Å². The molecule has 0 saturated heterocycles. The molecule has 3 aromatic rings. The molecular formula is C20H21ClN4O2. The summed E-state index contributed by atoms with van der Waals surface area (Å²) in [6.07, 6.45) is 4.97. The predicted molar refractivity (Wildman–Crippen MR) is 111 cm³/mol. The number of hydrazone groups is 1. The second kappa shape index (κ2) is 8.68. The lowest BCUT2D eigenvalue weighted by molar-refractivity contribution is -0.384. The topological polar surface area (TPSA) is 72.5 Å². The maximum Gasteiger partial charge on any atom is 0.294 e. The van der Waals surface area contributed by atoms with Crippen molar-refractivity contribution in [3.63, 3.8) is 0 Å². The second-order valence-corrected chi connectivity index (χ2v) is 6.58. The van der Waals surface area contributed by atoms with E-state index in [9.17, 15) is 10.1 Å². The number of hydrogen-bond donors (Lipinski definition) is 1. The maximum atomic E-state index is 11.1. The smallest absolute Gasteiger partial charge is 0.294 e. The number of aryl methyl sites for hydroxylation is 1. The minimum absolute atomic E-state index is 0.0252. The van der Waals surface area contributed by atoms with E-state index in [2.05, 4.69) is 22.0 Å². The monoisotopic (exact) mass is 384 g/mol. The van der Waals surface area contributed by atoms with Crippen LogP contribution in [0, 0.1) is 10.1 Å². The molecule has 1 heterocycles. The van der Waals surface area contributed by atoms with Crippen LogP contribution in [0.1, 0.15) is 31.7 Å². The van der Waals surface area contributed by atoms with E-state index in [-0.39, 0.29) is 5.69 Å². The SMILES string of the molecule is CCCCCn1c(Cl)c(/C=N/Nc2ccccc2[N+](=O)[O-])c2ccccc21. The van der Waals surface area contributed by atoms with Gasteiger partial charge >= 0.3 is 0 Å². The van der Waals surface area contributed by atoms with Crippen molar-refractivity contribution in [2.24, 2.45) is 5.10 Å². The third kappa shape index (κ3) is 4.11. The van der Waals surface area contributed by atoms with E-state index in [1.165, 1.54) is 6.07 Å². The van der Waals surface area contributed by atoms with Crippen molar-refractivity contribution in [2.75, 3.05) is 5.43 Å².